The second kappa shape index (κ2) is 9.55. The van der Waals surface area contributed by atoms with Crippen molar-refractivity contribution in [3.8, 4) is 11.1 Å². The van der Waals surface area contributed by atoms with Gasteiger partial charge in [-0.2, -0.15) is 0 Å². The molecule has 9 aromatic rings. The normalized spacial score (nSPS) is 11.7. The molecule has 43 heavy (non-hydrogen) atoms. The molecule has 3 aromatic heterocycles. The van der Waals surface area contributed by atoms with Crippen LogP contribution in [0.25, 0.3) is 64.1 Å². The highest BCUT2D eigenvalue weighted by atomic mass is 32.1. The lowest BCUT2D eigenvalue weighted by molar-refractivity contribution is 0.668. The van der Waals surface area contributed by atoms with Gasteiger partial charge >= 0.3 is 0 Å². The summed E-state index contributed by atoms with van der Waals surface area (Å²) >= 11 is 1.85. The highest BCUT2D eigenvalue weighted by Crippen LogP contribution is 2.41. The van der Waals surface area contributed by atoms with Crippen molar-refractivity contribution >= 4 is 81.4 Å². The van der Waals surface area contributed by atoms with E-state index in [0.717, 1.165) is 55.6 Å². The van der Waals surface area contributed by atoms with Gasteiger partial charge in [-0.05, 0) is 94.7 Å². The van der Waals surface area contributed by atoms with E-state index in [1.165, 1.54) is 25.6 Å². The molecule has 0 N–H and O–H groups in total. The molecule has 0 radical (unpaired) electrons. The zero-order valence-corrected chi connectivity index (χ0v) is 23.9. The molecular weight excluding hydrogens is 545 g/mol. The maximum absolute atomic E-state index is 6.11. The number of thiophene rings is 1. The van der Waals surface area contributed by atoms with Gasteiger partial charge in [-0.1, -0.05) is 66.7 Å². The van der Waals surface area contributed by atoms with Crippen LogP contribution in [0.3, 0.4) is 0 Å². The summed E-state index contributed by atoms with van der Waals surface area (Å²) in [7, 11) is 0. The second-order valence-electron chi connectivity index (χ2n) is 10.8. The first-order valence-electron chi connectivity index (χ1n) is 14.4. The van der Waals surface area contributed by atoms with E-state index in [4.69, 9.17) is 4.42 Å². The maximum Gasteiger partial charge on any atom is 0.153 e. The number of furan rings is 1. The molecular formula is C39H24N2OS. The van der Waals surface area contributed by atoms with Crippen LogP contribution in [0, 0.1) is 0 Å². The van der Waals surface area contributed by atoms with Crippen LogP contribution in [-0.4, -0.2) is 4.98 Å². The highest BCUT2D eigenvalue weighted by Gasteiger charge is 2.16. The third-order valence-corrected chi connectivity index (χ3v) is 9.45. The zero-order valence-electron chi connectivity index (χ0n) is 23.1. The topological polar surface area (TPSA) is 29.3 Å². The van der Waals surface area contributed by atoms with Crippen molar-refractivity contribution in [1.82, 2.24) is 4.98 Å². The summed E-state index contributed by atoms with van der Waals surface area (Å²) in [6, 6.07) is 49.7. The van der Waals surface area contributed by atoms with E-state index in [1.807, 2.05) is 35.7 Å². The number of anilines is 3. The van der Waals surface area contributed by atoms with Crippen LogP contribution in [0.1, 0.15) is 0 Å². The Morgan fingerprint density at radius 3 is 2.16 bits per heavy atom. The fraction of sp³-hybridized carbons (Fsp3) is 0. The third-order valence-electron chi connectivity index (χ3n) is 8.30. The van der Waals surface area contributed by atoms with Gasteiger partial charge in [0, 0.05) is 43.4 Å². The van der Waals surface area contributed by atoms with Crippen LogP contribution in [0.2, 0.25) is 0 Å². The zero-order chi connectivity index (χ0) is 28.3. The number of benzene rings is 6. The average molecular weight is 569 g/mol. The number of hydrogen-bond donors (Lipinski definition) is 0. The third kappa shape index (κ3) is 3.92. The summed E-state index contributed by atoms with van der Waals surface area (Å²) in [5.74, 6) is 0. The van der Waals surface area contributed by atoms with Crippen molar-refractivity contribution in [3.63, 3.8) is 0 Å². The van der Waals surface area contributed by atoms with Crippen molar-refractivity contribution in [2.45, 2.75) is 0 Å². The van der Waals surface area contributed by atoms with Crippen molar-refractivity contribution < 1.29 is 4.42 Å². The van der Waals surface area contributed by atoms with Gasteiger partial charge < -0.3 is 9.32 Å². The number of fused-ring (bicyclic) bond motifs is 8. The lowest BCUT2D eigenvalue weighted by Gasteiger charge is -2.26. The highest BCUT2D eigenvalue weighted by molar-refractivity contribution is 7.25. The molecule has 0 aliphatic heterocycles. The molecule has 4 heteroatoms. The van der Waals surface area contributed by atoms with Crippen molar-refractivity contribution in [2.24, 2.45) is 0 Å². The van der Waals surface area contributed by atoms with Crippen LogP contribution in [0.5, 0.6) is 0 Å². The van der Waals surface area contributed by atoms with E-state index in [0.29, 0.717) is 0 Å². The molecule has 0 saturated heterocycles. The van der Waals surface area contributed by atoms with Crippen LogP contribution in [0.15, 0.2) is 150 Å². The molecule has 0 amide bonds. The first-order chi connectivity index (χ1) is 21.3. The smallest absolute Gasteiger partial charge is 0.153 e. The Labute approximate surface area is 251 Å². The Morgan fingerprint density at radius 2 is 1.26 bits per heavy atom. The Kier molecular flexibility index (Phi) is 5.37. The minimum absolute atomic E-state index is 0.814. The minimum atomic E-state index is 0.814. The number of rotatable bonds is 4. The van der Waals surface area contributed by atoms with Crippen molar-refractivity contribution in [1.29, 1.82) is 0 Å². The van der Waals surface area contributed by atoms with E-state index in [9.17, 15) is 0 Å². The van der Waals surface area contributed by atoms with E-state index in [1.54, 1.807) is 0 Å². The van der Waals surface area contributed by atoms with E-state index in [2.05, 4.69) is 131 Å². The molecule has 0 saturated carbocycles. The minimum Gasteiger partial charge on any atom is -0.454 e. The molecule has 9 rings (SSSR count). The molecule has 0 bridgehead atoms. The first kappa shape index (κ1) is 24.2. The SMILES string of the molecule is c1ccc(N(c2ccc(-c3ccc4ccc5oc6cccnc6c5c4c3)cc2)c2ccc3sc4ccccc4c3c2)cc1. The number of aromatic nitrogens is 1. The summed E-state index contributed by atoms with van der Waals surface area (Å²) in [5.41, 5.74) is 8.29. The van der Waals surface area contributed by atoms with Crippen LogP contribution < -0.4 is 4.90 Å². The summed E-state index contributed by atoms with van der Waals surface area (Å²) in [5, 5.41) is 5.99. The summed E-state index contributed by atoms with van der Waals surface area (Å²) < 4.78 is 8.73. The predicted octanol–water partition coefficient (Wildman–Crippen LogP) is 11.6. The summed E-state index contributed by atoms with van der Waals surface area (Å²) in [6.45, 7) is 0. The predicted molar refractivity (Wildman–Crippen MR) is 182 cm³/mol. The lowest BCUT2D eigenvalue weighted by atomic mass is 9.98. The van der Waals surface area contributed by atoms with Crippen molar-refractivity contribution in [3.05, 3.63) is 146 Å². The Hall–Kier alpha value is -5.45. The summed E-state index contributed by atoms with van der Waals surface area (Å²) in [4.78, 5) is 6.98. The lowest BCUT2D eigenvalue weighted by Crippen LogP contribution is -2.09. The number of nitrogens with zero attached hydrogens (tertiary/aromatic N) is 2. The molecule has 3 nitrogen and oxygen atoms in total. The molecule has 0 aliphatic carbocycles. The Morgan fingerprint density at radius 1 is 0.512 bits per heavy atom. The molecule has 0 unspecified atom stereocenters. The monoisotopic (exact) mass is 568 g/mol. The van der Waals surface area contributed by atoms with Crippen LogP contribution >= 0.6 is 11.3 Å². The molecule has 0 atom stereocenters. The van der Waals surface area contributed by atoms with E-state index in [-0.39, 0.29) is 0 Å². The van der Waals surface area contributed by atoms with Gasteiger partial charge in [0.1, 0.15) is 11.1 Å². The maximum atomic E-state index is 6.11. The van der Waals surface area contributed by atoms with Gasteiger partial charge in [-0.3, -0.25) is 4.98 Å². The Bertz CT molecular complexity index is 2460. The Balaban J connectivity index is 1.16. The molecule has 202 valence electrons. The van der Waals surface area contributed by atoms with E-state index >= 15 is 0 Å². The quantitative estimate of drug-likeness (QED) is 0.211. The van der Waals surface area contributed by atoms with Gasteiger partial charge in [0.15, 0.2) is 5.58 Å². The van der Waals surface area contributed by atoms with Gasteiger partial charge in [0.25, 0.3) is 0 Å². The molecule has 6 aromatic carbocycles. The standard InChI is InChI=1S/C39H24N2OS/c1-2-7-28(8-3-1)41(30-19-21-37-33(24-30)31-9-4-5-11-36(31)43-37)29-17-14-25(15-18-29)27-13-12-26-16-20-34-38(32(26)23-27)39-35(42-34)10-6-22-40-39/h1-24H. The summed E-state index contributed by atoms with van der Waals surface area (Å²) in [6.07, 6.45) is 1.83. The first-order valence-corrected chi connectivity index (χ1v) is 15.2. The molecule has 0 aliphatic rings. The number of para-hydroxylation sites is 1. The number of pyridine rings is 1. The van der Waals surface area contributed by atoms with Gasteiger partial charge in [0.05, 0.1) is 5.39 Å². The van der Waals surface area contributed by atoms with Gasteiger partial charge in [-0.15, -0.1) is 11.3 Å². The fourth-order valence-corrected chi connectivity index (χ4v) is 7.35. The largest absolute Gasteiger partial charge is 0.454 e. The number of hydrogen-bond acceptors (Lipinski definition) is 4. The van der Waals surface area contributed by atoms with Gasteiger partial charge in [-0.25, -0.2) is 0 Å². The second-order valence-corrected chi connectivity index (χ2v) is 11.9. The van der Waals surface area contributed by atoms with Crippen LogP contribution in [-0.2, 0) is 0 Å². The molecule has 0 spiro atoms. The van der Waals surface area contributed by atoms with Crippen molar-refractivity contribution in [2.75, 3.05) is 4.90 Å². The fourth-order valence-electron chi connectivity index (χ4n) is 6.27. The molecule has 0 fully saturated rings. The molecule has 3 heterocycles. The van der Waals surface area contributed by atoms with Gasteiger partial charge in [0.2, 0.25) is 0 Å². The van der Waals surface area contributed by atoms with E-state index < -0.39 is 0 Å². The van der Waals surface area contributed by atoms with Crippen LogP contribution in [0.4, 0.5) is 17.1 Å². The average Bonchev–Trinajstić information content (AvgIpc) is 3.64.